The summed E-state index contributed by atoms with van der Waals surface area (Å²) < 4.78 is 13.9. The van der Waals surface area contributed by atoms with E-state index in [2.05, 4.69) is 15.3 Å². The molecule has 8 nitrogen and oxygen atoms in total. The molecule has 2 fully saturated rings. The Morgan fingerprint density at radius 3 is 2.87 bits per heavy atom. The number of piperidine rings is 1. The number of amides is 2. The summed E-state index contributed by atoms with van der Waals surface area (Å²) in [6.07, 6.45) is 4.89. The van der Waals surface area contributed by atoms with Gasteiger partial charge in [0.15, 0.2) is 0 Å². The monoisotopic (exact) mass is 415 g/mol. The number of nitrogens with one attached hydrogen (secondary N) is 2. The average molecular weight is 415 g/mol. The van der Waals surface area contributed by atoms with Crippen LogP contribution in [-0.2, 0) is 6.54 Å². The molecule has 2 amide bonds. The molecule has 2 aliphatic rings. The zero-order valence-corrected chi connectivity index (χ0v) is 17.1. The molecule has 2 heterocycles. The molecular weight excluding hydrogens is 387 g/mol. The van der Waals surface area contributed by atoms with Gasteiger partial charge in [0.25, 0.3) is 5.56 Å². The lowest BCUT2D eigenvalue weighted by atomic mass is 10.0. The number of rotatable bonds is 5. The molecule has 9 heteroatoms. The highest BCUT2D eigenvalue weighted by atomic mass is 19.1. The molecule has 1 unspecified atom stereocenters. The number of aromatic nitrogens is 2. The smallest absolute Gasteiger partial charge is 0.336 e. The summed E-state index contributed by atoms with van der Waals surface area (Å²) in [5, 5.41) is 2.87. The van der Waals surface area contributed by atoms with Crippen molar-refractivity contribution < 1.29 is 13.8 Å². The number of benzene rings is 1. The molecule has 1 aliphatic carbocycles. The standard InChI is InChI=1S/C21H27FN6O2/c1-14-4-7-18(22)15(11-14)12-25-21(30)28(23,16-5-6-16)17-3-2-10-27(13-17)20-24-9-8-19(29)26-20/h4,7-9,11,16-17H,2-3,5-6,10,12-13,23H2,1H3,(H-,24,25,26,29,30)/p+1/t17-,28?/m1/s1. The van der Waals surface area contributed by atoms with Gasteiger partial charge >= 0.3 is 6.03 Å². The van der Waals surface area contributed by atoms with Gasteiger partial charge in [-0.2, -0.15) is 10.4 Å². The van der Waals surface area contributed by atoms with Crippen molar-refractivity contribution in [3.63, 3.8) is 0 Å². The number of carbonyl (C=O) groups is 1. The topological polar surface area (TPSA) is 104 Å². The molecule has 2 aromatic rings. The molecule has 1 saturated carbocycles. The van der Waals surface area contributed by atoms with Crippen LogP contribution < -0.4 is 21.6 Å². The van der Waals surface area contributed by atoms with Gasteiger partial charge in [-0.25, -0.2) is 14.2 Å². The lowest BCUT2D eigenvalue weighted by molar-refractivity contribution is -0.897. The van der Waals surface area contributed by atoms with Gasteiger partial charge < -0.3 is 4.90 Å². The second-order valence-corrected chi connectivity index (χ2v) is 8.32. The van der Waals surface area contributed by atoms with Crippen molar-refractivity contribution in [3.8, 4) is 0 Å². The van der Waals surface area contributed by atoms with Gasteiger partial charge in [0, 0.05) is 43.6 Å². The summed E-state index contributed by atoms with van der Waals surface area (Å²) in [5.41, 5.74) is 1.17. The van der Waals surface area contributed by atoms with Gasteiger partial charge in [0.2, 0.25) is 5.95 Å². The Morgan fingerprint density at radius 1 is 1.33 bits per heavy atom. The molecule has 160 valence electrons. The molecule has 1 saturated heterocycles. The van der Waals surface area contributed by atoms with Crippen molar-refractivity contribution in [2.24, 2.45) is 5.84 Å². The predicted molar refractivity (Wildman–Crippen MR) is 111 cm³/mol. The van der Waals surface area contributed by atoms with Crippen LogP contribution >= 0.6 is 0 Å². The quantitative estimate of drug-likeness (QED) is 0.300. The molecule has 0 spiro atoms. The highest BCUT2D eigenvalue weighted by Gasteiger charge is 2.54. The predicted octanol–water partition coefficient (Wildman–Crippen LogP) is 1.95. The van der Waals surface area contributed by atoms with Gasteiger partial charge in [-0.15, -0.1) is 0 Å². The molecular formula is C21H28FN6O2+. The van der Waals surface area contributed by atoms with E-state index in [4.69, 9.17) is 5.84 Å². The van der Waals surface area contributed by atoms with Crippen LogP contribution in [0.25, 0.3) is 0 Å². The fourth-order valence-electron chi connectivity index (χ4n) is 4.29. The van der Waals surface area contributed by atoms with Crippen LogP contribution in [0.2, 0.25) is 0 Å². The SMILES string of the molecule is Cc1ccc(F)c(CNC(=O)[N+](N)(C2CC2)[C@@H]2CCCN(c3nccc(=O)[nH]3)C2)c1. The van der Waals surface area contributed by atoms with Crippen LogP contribution in [0.4, 0.5) is 15.1 Å². The van der Waals surface area contributed by atoms with E-state index in [0.29, 0.717) is 18.1 Å². The normalized spacial score (nSPS) is 21.2. The molecule has 0 bridgehead atoms. The zero-order valence-electron chi connectivity index (χ0n) is 17.1. The third kappa shape index (κ3) is 4.08. The Balaban J connectivity index is 1.50. The summed E-state index contributed by atoms with van der Waals surface area (Å²) in [6.45, 7) is 3.24. The van der Waals surface area contributed by atoms with Crippen LogP contribution in [0, 0.1) is 12.7 Å². The molecule has 1 aliphatic heterocycles. The summed E-state index contributed by atoms with van der Waals surface area (Å²) >= 11 is 0. The molecule has 1 aromatic carbocycles. The number of hydrogen-bond acceptors (Lipinski definition) is 5. The number of H-pyrrole nitrogens is 1. The Kier molecular flexibility index (Phi) is 5.57. The van der Waals surface area contributed by atoms with Crippen molar-refractivity contribution in [2.45, 2.75) is 51.2 Å². The summed E-state index contributed by atoms with van der Waals surface area (Å²) in [4.78, 5) is 33.9. The first-order valence-electron chi connectivity index (χ1n) is 10.4. The maximum absolute atomic E-state index is 14.1. The van der Waals surface area contributed by atoms with Crippen LogP contribution in [0.3, 0.4) is 0 Å². The van der Waals surface area contributed by atoms with E-state index in [9.17, 15) is 14.0 Å². The number of carbonyl (C=O) groups excluding carboxylic acids is 1. The summed E-state index contributed by atoms with van der Waals surface area (Å²) in [6, 6.07) is 5.84. The highest BCUT2D eigenvalue weighted by molar-refractivity contribution is 5.67. The third-order valence-electron chi connectivity index (χ3n) is 6.09. The highest BCUT2D eigenvalue weighted by Crippen LogP contribution is 2.36. The lowest BCUT2D eigenvalue weighted by Gasteiger charge is -2.42. The van der Waals surface area contributed by atoms with E-state index in [-0.39, 0.29) is 40.6 Å². The summed E-state index contributed by atoms with van der Waals surface area (Å²) in [5.74, 6) is 6.89. The Hall–Kier alpha value is -2.78. The maximum Gasteiger partial charge on any atom is 0.436 e. The molecule has 2 atom stereocenters. The number of hydrogen-bond donors (Lipinski definition) is 3. The van der Waals surface area contributed by atoms with Crippen LogP contribution in [0.1, 0.15) is 36.8 Å². The number of anilines is 1. The fourth-order valence-corrected chi connectivity index (χ4v) is 4.29. The van der Waals surface area contributed by atoms with E-state index < -0.39 is 0 Å². The number of quaternary nitrogens is 1. The van der Waals surface area contributed by atoms with Crippen LogP contribution in [0.15, 0.2) is 35.3 Å². The van der Waals surface area contributed by atoms with E-state index in [1.807, 2.05) is 11.8 Å². The second kappa shape index (κ2) is 8.16. The minimum atomic E-state index is -0.342. The molecule has 30 heavy (non-hydrogen) atoms. The van der Waals surface area contributed by atoms with Crippen molar-refractivity contribution in [1.29, 1.82) is 0 Å². The number of aryl methyl sites for hydroxylation is 1. The Labute approximate surface area is 174 Å². The first-order chi connectivity index (χ1) is 14.4. The number of urea groups is 1. The molecule has 1 aromatic heterocycles. The number of nitrogens with zero attached hydrogens (tertiary/aromatic N) is 3. The minimum Gasteiger partial charge on any atom is -0.336 e. The van der Waals surface area contributed by atoms with Gasteiger partial charge in [-0.3, -0.25) is 15.1 Å². The Bertz CT molecular complexity index is 991. The first-order valence-corrected chi connectivity index (χ1v) is 10.4. The van der Waals surface area contributed by atoms with E-state index in [0.717, 1.165) is 37.8 Å². The van der Waals surface area contributed by atoms with E-state index in [1.54, 1.807) is 12.1 Å². The van der Waals surface area contributed by atoms with E-state index >= 15 is 0 Å². The average Bonchev–Trinajstić information content (AvgIpc) is 3.59. The van der Waals surface area contributed by atoms with Gasteiger partial charge in [-0.1, -0.05) is 17.7 Å². The zero-order chi connectivity index (χ0) is 21.3. The van der Waals surface area contributed by atoms with Crippen molar-refractivity contribution >= 4 is 12.0 Å². The molecule has 4 N–H and O–H groups in total. The number of nitrogens with two attached hydrogens (primary N) is 1. The largest absolute Gasteiger partial charge is 0.436 e. The first kappa shape index (κ1) is 20.5. The molecule has 0 radical (unpaired) electrons. The van der Waals surface area contributed by atoms with Crippen molar-refractivity contribution in [1.82, 2.24) is 15.3 Å². The Morgan fingerprint density at radius 2 is 2.13 bits per heavy atom. The number of aromatic amines is 1. The maximum atomic E-state index is 14.1. The third-order valence-corrected chi connectivity index (χ3v) is 6.09. The van der Waals surface area contributed by atoms with Crippen molar-refractivity contribution in [3.05, 3.63) is 57.8 Å². The van der Waals surface area contributed by atoms with Crippen molar-refractivity contribution in [2.75, 3.05) is 18.0 Å². The van der Waals surface area contributed by atoms with Crippen LogP contribution in [-0.4, -0.2) is 45.8 Å². The summed E-state index contributed by atoms with van der Waals surface area (Å²) in [7, 11) is 0. The van der Waals surface area contributed by atoms with Gasteiger partial charge in [0.1, 0.15) is 17.9 Å². The van der Waals surface area contributed by atoms with Crippen LogP contribution in [0.5, 0.6) is 0 Å². The fraction of sp³-hybridized carbons (Fsp3) is 0.476. The lowest BCUT2D eigenvalue weighted by Crippen LogP contribution is -2.71. The van der Waals surface area contributed by atoms with Gasteiger partial charge in [0.05, 0.1) is 13.1 Å². The number of halogens is 1. The van der Waals surface area contributed by atoms with E-state index in [1.165, 1.54) is 18.3 Å². The molecule has 4 rings (SSSR count). The second-order valence-electron chi connectivity index (χ2n) is 8.32. The minimum absolute atomic E-state index is 0.0556. The van der Waals surface area contributed by atoms with Gasteiger partial charge in [-0.05, 0) is 19.4 Å².